The summed E-state index contributed by atoms with van der Waals surface area (Å²) in [7, 11) is 0. The number of halogens is 1. The maximum atomic E-state index is 13.9. The minimum Gasteiger partial charge on any atom is -0.352 e. The lowest BCUT2D eigenvalue weighted by atomic mass is 9.78. The molecule has 0 bridgehead atoms. The summed E-state index contributed by atoms with van der Waals surface area (Å²) in [5.74, 6) is 0.894. The van der Waals surface area contributed by atoms with Gasteiger partial charge in [-0.15, -0.1) is 6.58 Å². The first-order chi connectivity index (χ1) is 12.7. The Morgan fingerprint density at radius 2 is 1.92 bits per heavy atom. The van der Waals surface area contributed by atoms with Crippen molar-refractivity contribution in [3.8, 4) is 6.07 Å². The Morgan fingerprint density at radius 1 is 1.19 bits per heavy atom. The van der Waals surface area contributed by atoms with E-state index in [1.807, 2.05) is 18.2 Å². The molecule has 140 valence electrons. The third kappa shape index (κ3) is 4.72. The Bertz CT molecular complexity index is 638. The van der Waals surface area contributed by atoms with E-state index in [0.29, 0.717) is 17.8 Å². The molecular weight excluding hydrogens is 329 g/mol. The second-order valence-corrected chi connectivity index (χ2v) is 7.58. The van der Waals surface area contributed by atoms with Gasteiger partial charge in [-0.2, -0.15) is 5.26 Å². The molecule has 1 saturated carbocycles. The maximum Gasteiger partial charge on any atom is 0.160 e. The van der Waals surface area contributed by atoms with Crippen LogP contribution in [0.25, 0.3) is 0 Å². The average Bonchev–Trinajstić information content (AvgIpc) is 2.69. The molecule has 2 aliphatic rings. The highest BCUT2D eigenvalue weighted by molar-refractivity contribution is 5.34. The van der Waals surface area contributed by atoms with Gasteiger partial charge in [0.05, 0.1) is 18.8 Å². The van der Waals surface area contributed by atoms with Crippen LogP contribution < -0.4 is 0 Å². The highest BCUT2D eigenvalue weighted by Gasteiger charge is 2.32. The topological polar surface area (TPSA) is 42.2 Å². The van der Waals surface area contributed by atoms with Crippen LogP contribution in [0.15, 0.2) is 30.9 Å². The predicted octanol–water partition coefficient (Wildman–Crippen LogP) is 5.32. The minimum atomic E-state index is -0.409. The number of unbranched alkanes of at least 4 members (excludes halogenated alkanes) is 1. The third-order valence-corrected chi connectivity index (χ3v) is 5.75. The summed E-state index contributed by atoms with van der Waals surface area (Å²) >= 11 is 0. The summed E-state index contributed by atoms with van der Waals surface area (Å²) in [4.78, 5) is 0. The van der Waals surface area contributed by atoms with Gasteiger partial charge in [0.25, 0.3) is 0 Å². The van der Waals surface area contributed by atoms with Gasteiger partial charge < -0.3 is 9.47 Å². The van der Waals surface area contributed by atoms with Crippen LogP contribution >= 0.6 is 0 Å². The molecule has 0 aromatic heterocycles. The predicted molar refractivity (Wildman–Crippen MR) is 99.0 cm³/mol. The number of nitriles is 1. The number of allylic oxidation sites excluding steroid dienone is 1. The van der Waals surface area contributed by atoms with Crippen molar-refractivity contribution in [1.29, 1.82) is 5.26 Å². The van der Waals surface area contributed by atoms with Gasteiger partial charge in [-0.05, 0) is 68.6 Å². The first kappa shape index (κ1) is 19.1. The second kappa shape index (κ2) is 9.30. The summed E-state index contributed by atoms with van der Waals surface area (Å²) in [6.07, 6.45) is 9.34. The highest BCUT2D eigenvalue weighted by atomic mass is 19.1. The standard InChI is InChI=1S/C22H28FNO2/c1-2-3-4-5-16-14-25-22(26-15-16)18-8-6-17(7-9-18)19-10-11-20(13-24)21(23)12-19/h2,10-12,16-18,22H,1,3-9,14-15H2. The zero-order chi connectivity index (χ0) is 18.4. The Morgan fingerprint density at radius 3 is 2.54 bits per heavy atom. The van der Waals surface area contributed by atoms with Crippen molar-refractivity contribution in [2.75, 3.05) is 13.2 Å². The minimum absolute atomic E-state index is 0.0793. The summed E-state index contributed by atoms with van der Waals surface area (Å²) in [6, 6.07) is 6.91. The van der Waals surface area contributed by atoms with Crippen molar-refractivity contribution >= 4 is 0 Å². The molecule has 3 rings (SSSR count). The van der Waals surface area contributed by atoms with E-state index < -0.39 is 5.82 Å². The van der Waals surface area contributed by atoms with E-state index >= 15 is 0 Å². The van der Waals surface area contributed by atoms with Crippen LogP contribution in [-0.4, -0.2) is 19.5 Å². The van der Waals surface area contributed by atoms with Crippen molar-refractivity contribution in [2.45, 2.75) is 57.2 Å². The Kier molecular flexibility index (Phi) is 6.82. The summed E-state index contributed by atoms with van der Waals surface area (Å²) in [6.45, 7) is 5.35. The molecule has 26 heavy (non-hydrogen) atoms. The number of benzene rings is 1. The van der Waals surface area contributed by atoms with Crippen LogP contribution in [0.3, 0.4) is 0 Å². The molecule has 2 fully saturated rings. The molecule has 1 aliphatic heterocycles. The Hall–Kier alpha value is -1.70. The highest BCUT2D eigenvalue weighted by Crippen LogP contribution is 2.39. The van der Waals surface area contributed by atoms with E-state index in [2.05, 4.69) is 6.58 Å². The van der Waals surface area contributed by atoms with Crippen LogP contribution in [-0.2, 0) is 9.47 Å². The van der Waals surface area contributed by atoms with Crippen molar-refractivity contribution < 1.29 is 13.9 Å². The smallest absolute Gasteiger partial charge is 0.160 e. The van der Waals surface area contributed by atoms with Crippen molar-refractivity contribution in [1.82, 2.24) is 0 Å². The van der Waals surface area contributed by atoms with E-state index in [0.717, 1.165) is 63.7 Å². The van der Waals surface area contributed by atoms with Crippen LogP contribution in [0.2, 0.25) is 0 Å². The van der Waals surface area contributed by atoms with Crippen LogP contribution in [0.4, 0.5) is 4.39 Å². The molecule has 4 heteroatoms. The van der Waals surface area contributed by atoms with Crippen molar-refractivity contribution in [3.05, 3.63) is 47.8 Å². The maximum absolute atomic E-state index is 13.9. The lowest BCUT2D eigenvalue weighted by Crippen LogP contribution is -2.38. The molecule has 1 aromatic rings. The van der Waals surface area contributed by atoms with Gasteiger partial charge in [0, 0.05) is 11.8 Å². The van der Waals surface area contributed by atoms with Crippen molar-refractivity contribution in [3.63, 3.8) is 0 Å². The fraction of sp³-hybridized carbons (Fsp3) is 0.591. The van der Waals surface area contributed by atoms with E-state index in [4.69, 9.17) is 14.7 Å². The normalized spacial score (nSPS) is 29.1. The Labute approximate surface area is 155 Å². The van der Waals surface area contributed by atoms with Crippen LogP contribution in [0.1, 0.15) is 62.0 Å². The molecule has 0 unspecified atom stereocenters. The fourth-order valence-corrected chi connectivity index (χ4v) is 4.15. The van der Waals surface area contributed by atoms with E-state index in [1.54, 1.807) is 6.07 Å². The summed E-state index contributed by atoms with van der Waals surface area (Å²) < 4.78 is 25.9. The quantitative estimate of drug-likeness (QED) is 0.511. The number of hydrogen-bond acceptors (Lipinski definition) is 3. The second-order valence-electron chi connectivity index (χ2n) is 7.58. The molecule has 0 atom stereocenters. The molecule has 0 spiro atoms. The van der Waals surface area contributed by atoms with Gasteiger partial charge in [-0.3, -0.25) is 0 Å². The molecule has 1 heterocycles. The summed E-state index contributed by atoms with van der Waals surface area (Å²) in [5, 5.41) is 8.86. The number of ether oxygens (including phenoxy) is 2. The first-order valence-corrected chi connectivity index (χ1v) is 9.75. The molecule has 1 aliphatic carbocycles. The lowest BCUT2D eigenvalue weighted by molar-refractivity contribution is -0.229. The van der Waals surface area contributed by atoms with Crippen LogP contribution in [0, 0.1) is 29.0 Å². The van der Waals surface area contributed by atoms with E-state index in [-0.39, 0.29) is 11.9 Å². The Balaban J connectivity index is 1.45. The lowest BCUT2D eigenvalue weighted by Gasteiger charge is -2.37. The van der Waals surface area contributed by atoms with Crippen molar-refractivity contribution in [2.24, 2.45) is 11.8 Å². The largest absolute Gasteiger partial charge is 0.352 e. The van der Waals surface area contributed by atoms with E-state index in [9.17, 15) is 4.39 Å². The monoisotopic (exact) mass is 357 g/mol. The first-order valence-electron chi connectivity index (χ1n) is 9.75. The molecular formula is C22H28FNO2. The average molecular weight is 357 g/mol. The fourth-order valence-electron chi connectivity index (χ4n) is 4.15. The molecule has 0 radical (unpaired) electrons. The molecule has 1 aromatic carbocycles. The van der Waals surface area contributed by atoms with Crippen LogP contribution in [0.5, 0.6) is 0 Å². The SMILES string of the molecule is C=CCCCC1COC(C2CCC(c3ccc(C#N)c(F)c3)CC2)OC1. The van der Waals surface area contributed by atoms with E-state index in [1.165, 1.54) is 6.07 Å². The zero-order valence-electron chi connectivity index (χ0n) is 15.3. The third-order valence-electron chi connectivity index (χ3n) is 5.75. The molecule has 1 saturated heterocycles. The van der Waals surface area contributed by atoms with Gasteiger partial charge in [-0.1, -0.05) is 12.1 Å². The van der Waals surface area contributed by atoms with Gasteiger partial charge in [0.15, 0.2) is 6.29 Å². The molecule has 0 N–H and O–H groups in total. The van der Waals surface area contributed by atoms with Gasteiger partial charge in [0.2, 0.25) is 0 Å². The van der Waals surface area contributed by atoms with Gasteiger partial charge in [-0.25, -0.2) is 4.39 Å². The van der Waals surface area contributed by atoms with Gasteiger partial charge in [0.1, 0.15) is 11.9 Å². The number of hydrogen-bond donors (Lipinski definition) is 0. The number of rotatable bonds is 6. The van der Waals surface area contributed by atoms with Gasteiger partial charge >= 0.3 is 0 Å². The number of nitrogens with zero attached hydrogens (tertiary/aromatic N) is 1. The molecule has 3 nitrogen and oxygen atoms in total. The zero-order valence-corrected chi connectivity index (χ0v) is 15.3. The molecule has 0 amide bonds. The summed E-state index contributed by atoms with van der Waals surface area (Å²) in [5.41, 5.74) is 1.13.